The molecule has 25 heavy (non-hydrogen) atoms. The van der Waals surface area contributed by atoms with Gasteiger partial charge in [-0.25, -0.2) is 9.97 Å². The van der Waals surface area contributed by atoms with Crippen LogP contribution in [0, 0.1) is 12.8 Å². The predicted molar refractivity (Wildman–Crippen MR) is 94.4 cm³/mol. The molecule has 1 aromatic carbocycles. The van der Waals surface area contributed by atoms with Gasteiger partial charge < -0.3 is 10.2 Å². The van der Waals surface area contributed by atoms with E-state index in [2.05, 4.69) is 20.3 Å². The summed E-state index contributed by atoms with van der Waals surface area (Å²) in [5.74, 6) is -0.540. The molecule has 0 bridgehead atoms. The Bertz CT molecular complexity index is 950. The molecule has 1 fully saturated rings. The molecule has 0 unspecified atom stereocenters. The van der Waals surface area contributed by atoms with Crippen molar-refractivity contribution in [3.05, 3.63) is 48.0 Å². The molecule has 1 N–H and O–H groups in total. The average molecular weight is 353 g/mol. The van der Waals surface area contributed by atoms with Crippen molar-refractivity contribution < 1.29 is 9.59 Å². The van der Waals surface area contributed by atoms with Crippen LogP contribution in [0.15, 0.2) is 36.8 Å². The van der Waals surface area contributed by atoms with Gasteiger partial charge in [0.15, 0.2) is 5.13 Å². The lowest BCUT2D eigenvalue weighted by Gasteiger charge is -2.37. The van der Waals surface area contributed by atoms with Gasteiger partial charge in [0.05, 0.1) is 22.3 Å². The van der Waals surface area contributed by atoms with E-state index in [1.165, 1.54) is 29.9 Å². The van der Waals surface area contributed by atoms with Gasteiger partial charge in [0.2, 0.25) is 5.91 Å². The minimum Gasteiger partial charge on any atom is -0.336 e. The van der Waals surface area contributed by atoms with E-state index in [9.17, 15) is 9.59 Å². The van der Waals surface area contributed by atoms with Crippen molar-refractivity contribution in [2.24, 2.45) is 5.92 Å². The van der Waals surface area contributed by atoms with Crippen LogP contribution >= 0.6 is 11.3 Å². The first-order chi connectivity index (χ1) is 12.1. The molecule has 126 valence electrons. The van der Waals surface area contributed by atoms with Gasteiger partial charge in [0, 0.05) is 25.5 Å². The zero-order chi connectivity index (χ0) is 17.4. The highest BCUT2D eigenvalue weighted by Crippen LogP contribution is 2.29. The molecular formula is C17H15N5O2S. The Morgan fingerprint density at radius 2 is 2.12 bits per heavy atom. The van der Waals surface area contributed by atoms with Crippen molar-refractivity contribution in [1.82, 2.24) is 19.9 Å². The number of hydrogen-bond donors (Lipinski definition) is 1. The minimum atomic E-state index is -0.228. The number of hydrogen-bond acceptors (Lipinski definition) is 6. The third-order valence-corrected chi connectivity index (χ3v) is 5.11. The maximum Gasteiger partial charge on any atom is 0.274 e. The molecule has 2 aromatic heterocycles. The largest absolute Gasteiger partial charge is 0.336 e. The van der Waals surface area contributed by atoms with Gasteiger partial charge in [-0.15, -0.1) is 0 Å². The van der Waals surface area contributed by atoms with Gasteiger partial charge in [-0.3, -0.25) is 14.6 Å². The Morgan fingerprint density at radius 3 is 2.84 bits per heavy atom. The maximum atomic E-state index is 12.4. The third kappa shape index (κ3) is 2.96. The number of carbonyl (C=O) groups excluding carboxylic acids is 2. The van der Waals surface area contributed by atoms with Crippen LogP contribution in [0.1, 0.15) is 16.1 Å². The van der Waals surface area contributed by atoms with E-state index in [0.717, 1.165) is 15.8 Å². The van der Waals surface area contributed by atoms with E-state index < -0.39 is 0 Å². The van der Waals surface area contributed by atoms with Crippen molar-refractivity contribution in [1.29, 1.82) is 0 Å². The molecule has 7 nitrogen and oxygen atoms in total. The first-order valence-corrected chi connectivity index (χ1v) is 8.66. The van der Waals surface area contributed by atoms with Crippen molar-refractivity contribution in [3.8, 4) is 0 Å². The van der Waals surface area contributed by atoms with Crippen LogP contribution in [-0.2, 0) is 4.79 Å². The SMILES string of the molecule is Cc1cccc2sc(NC(=O)C3CN(C(=O)c4cnccn4)C3)nc12. The molecule has 0 spiro atoms. The number of amides is 2. The first-order valence-electron chi connectivity index (χ1n) is 7.84. The minimum absolute atomic E-state index is 0.111. The number of benzene rings is 1. The van der Waals surface area contributed by atoms with Gasteiger partial charge in [-0.1, -0.05) is 23.5 Å². The lowest BCUT2D eigenvalue weighted by Crippen LogP contribution is -2.54. The summed E-state index contributed by atoms with van der Waals surface area (Å²) in [6.45, 7) is 2.76. The summed E-state index contributed by atoms with van der Waals surface area (Å²) >= 11 is 1.45. The van der Waals surface area contributed by atoms with Crippen molar-refractivity contribution in [2.75, 3.05) is 18.4 Å². The van der Waals surface area contributed by atoms with Gasteiger partial charge in [0.25, 0.3) is 5.91 Å². The number of nitrogens with zero attached hydrogens (tertiary/aromatic N) is 4. The predicted octanol–water partition coefficient (Wildman–Crippen LogP) is 2.11. The molecule has 0 radical (unpaired) electrons. The first kappa shape index (κ1) is 15.6. The summed E-state index contributed by atoms with van der Waals surface area (Å²) in [6, 6.07) is 5.96. The van der Waals surface area contributed by atoms with E-state index in [1.54, 1.807) is 4.90 Å². The number of fused-ring (bicyclic) bond motifs is 1. The molecular weight excluding hydrogens is 338 g/mol. The number of nitrogens with one attached hydrogen (secondary N) is 1. The molecule has 1 aliphatic heterocycles. The van der Waals surface area contributed by atoms with Crippen molar-refractivity contribution in [2.45, 2.75) is 6.92 Å². The van der Waals surface area contributed by atoms with Crippen LogP contribution in [0.4, 0.5) is 5.13 Å². The number of aromatic nitrogens is 3. The van der Waals surface area contributed by atoms with Gasteiger partial charge in [-0.05, 0) is 18.6 Å². The molecule has 1 saturated heterocycles. The van der Waals surface area contributed by atoms with Gasteiger partial charge in [0.1, 0.15) is 5.69 Å². The molecule has 4 rings (SSSR count). The molecule has 0 saturated carbocycles. The van der Waals surface area contributed by atoms with Crippen LogP contribution in [-0.4, -0.2) is 44.8 Å². The second-order valence-electron chi connectivity index (χ2n) is 5.93. The lowest BCUT2D eigenvalue weighted by atomic mass is 9.99. The fourth-order valence-corrected chi connectivity index (χ4v) is 3.68. The second-order valence-corrected chi connectivity index (χ2v) is 6.96. The summed E-state index contributed by atoms with van der Waals surface area (Å²) in [5, 5.41) is 3.45. The van der Waals surface area contributed by atoms with E-state index in [1.807, 2.05) is 25.1 Å². The van der Waals surface area contributed by atoms with Crippen LogP contribution in [0.2, 0.25) is 0 Å². The number of rotatable bonds is 3. The van der Waals surface area contributed by atoms with Crippen molar-refractivity contribution >= 4 is 38.5 Å². The van der Waals surface area contributed by atoms with Crippen LogP contribution in [0.3, 0.4) is 0 Å². The Labute approximate surface area is 147 Å². The van der Waals surface area contributed by atoms with Crippen LogP contribution in [0.5, 0.6) is 0 Å². The van der Waals surface area contributed by atoms with Gasteiger partial charge in [-0.2, -0.15) is 0 Å². The maximum absolute atomic E-state index is 12.4. The number of likely N-dealkylation sites (tertiary alicyclic amines) is 1. The lowest BCUT2D eigenvalue weighted by molar-refractivity contribution is -0.123. The highest BCUT2D eigenvalue weighted by molar-refractivity contribution is 7.22. The Hall–Kier alpha value is -2.87. The van der Waals surface area contributed by atoms with Gasteiger partial charge >= 0.3 is 0 Å². The summed E-state index contributed by atoms with van der Waals surface area (Å²) in [5.41, 5.74) is 2.29. The summed E-state index contributed by atoms with van der Waals surface area (Å²) < 4.78 is 1.04. The number of para-hydroxylation sites is 1. The average Bonchev–Trinajstić information content (AvgIpc) is 2.98. The Morgan fingerprint density at radius 1 is 1.28 bits per heavy atom. The van der Waals surface area contributed by atoms with E-state index in [0.29, 0.717) is 23.9 Å². The van der Waals surface area contributed by atoms with E-state index in [-0.39, 0.29) is 17.7 Å². The molecule has 0 atom stereocenters. The second kappa shape index (κ2) is 6.21. The Balaban J connectivity index is 1.38. The number of aryl methyl sites for hydroxylation is 1. The fraction of sp³-hybridized carbons (Fsp3) is 0.235. The Kier molecular flexibility index (Phi) is 3.89. The molecule has 3 aromatic rings. The highest BCUT2D eigenvalue weighted by Gasteiger charge is 2.36. The molecule has 1 aliphatic rings. The zero-order valence-corrected chi connectivity index (χ0v) is 14.3. The summed E-state index contributed by atoms with van der Waals surface area (Å²) in [4.78, 5) is 38.5. The van der Waals surface area contributed by atoms with Crippen LogP contribution < -0.4 is 5.32 Å². The fourth-order valence-electron chi connectivity index (χ4n) is 2.73. The molecule has 0 aliphatic carbocycles. The van der Waals surface area contributed by atoms with E-state index >= 15 is 0 Å². The van der Waals surface area contributed by atoms with Crippen LogP contribution in [0.25, 0.3) is 10.2 Å². The zero-order valence-electron chi connectivity index (χ0n) is 13.5. The summed E-state index contributed by atoms with van der Waals surface area (Å²) in [7, 11) is 0. The quantitative estimate of drug-likeness (QED) is 0.779. The highest BCUT2D eigenvalue weighted by atomic mass is 32.1. The molecule has 8 heteroatoms. The number of carbonyl (C=O) groups is 2. The number of thiazole rings is 1. The number of anilines is 1. The van der Waals surface area contributed by atoms with Crippen molar-refractivity contribution in [3.63, 3.8) is 0 Å². The monoisotopic (exact) mass is 353 g/mol. The standard InChI is InChI=1S/C17H15N5O2S/c1-10-3-2-4-13-14(10)20-17(25-13)21-15(23)11-8-22(9-11)16(24)12-7-18-5-6-19-12/h2-7,11H,8-9H2,1H3,(H,20,21,23). The normalized spacial score (nSPS) is 14.4. The van der Waals surface area contributed by atoms with E-state index in [4.69, 9.17) is 0 Å². The summed E-state index contributed by atoms with van der Waals surface area (Å²) in [6.07, 6.45) is 4.42. The third-order valence-electron chi connectivity index (χ3n) is 4.17. The molecule has 2 amide bonds. The smallest absolute Gasteiger partial charge is 0.274 e. The molecule has 3 heterocycles. The topological polar surface area (TPSA) is 88.1 Å².